The molecule has 178 valence electrons. The Kier molecular flexibility index (Phi) is 6.70. The second-order valence-electron chi connectivity index (χ2n) is 9.78. The van der Waals surface area contributed by atoms with Crippen LogP contribution in [0.5, 0.6) is 11.5 Å². The largest absolute Gasteiger partial charge is 0.496 e. The van der Waals surface area contributed by atoms with E-state index in [2.05, 4.69) is 56.6 Å². The van der Waals surface area contributed by atoms with Crippen LogP contribution in [0.1, 0.15) is 58.9 Å². The number of benzene rings is 2. The van der Waals surface area contributed by atoms with Crippen molar-refractivity contribution < 1.29 is 9.47 Å². The van der Waals surface area contributed by atoms with Gasteiger partial charge in [0.1, 0.15) is 17.1 Å². The van der Waals surface area contributed by atoms with E-state index in [1.165, 1.54) is 11.1 Å². The van der Waals surface area contributed by atoms with E-state index in [-0.39, 0.29) is 5.43 Å². The van der Waals surface area contributed by atoms with Gasteiger partial charge in [-0.15, -0.1) is 0 Å². The lowest BCUT2D eigenvalue weighted by Gasteiger charge is -2.32. The fourth-order valence-electron chi connectivity index (χ4n) is 4.80. The zero-order valence-electron chi connectivity index (χ0n) is 21.2. The molecule has 1 atom stereocenters. The Labute approximate surface area is 202 Å². The van der Waals surface area contributed by atoms with Crippen molar-refractivity contribution in [1.82, 2.24) is 4.57 Å². The molecule has 1 unspecified atom stereocenters. The number of aromatic nitrogens is 1. The summed E-state index contributed by atoms with van der Waals surface area (Å²) < 4.78 is 14.3. The van der Waals surface area contributed by atoms with Gasteiger partial charge in [0.2, 0.25) is 5.43 Å². The summed E-state index contributed by atoms with van der Waals surface area (Å²) in [6.45, 7) is 8.61. The van der Waals surface area contributed by atoms with Crippen LogP contribution in [0.3, 0.4) is 0 Å². The molecule has 3 aromatic rings. The van der Waals surface area contributed by atoms with Crippen molar-refractivity contribution in [2.24, 2.45) is 7.05 Å². The molecule has 4 rings (SSSR count). The first-order valence-electron chi connectivity index (χ1n) is 12.0. The highest BCUT2D eigenvalue weighted by atomic mass is 16.5. The molecule has 2 aromatic carbocycles. The molecule has 0 fully saturated rings. The van der Waals surface area contributed by atoms with Crippen LogP contribution in [-0.4, -0.2) is 17.3 Å². The molecule has 1 aromatic heterocycles. The fourth-order valence-corrected chi connectivity index (χ4v) is 4.80. The van der Waals surface area contributed by atoms with E-state index in [1.54, 1.807) is 7.11 Å². The monoisotopic (exact) mass is 457 g/mol. The first kappa shape index (κ1) is 23.9. The maximum absolute atomic E-state index is 13.4. The number of methoxy groups -OCH3 is 1. The summed E-state index contributed by atoms with van der Waals surface area (Å²) >= 11 is 0. The number of ether oxygens (including phenoxy) is 2. The zero-order chi connectivity index (χ0) is 24.5. The van der Waals surface area contributed by atoms with Crippen LogP contribution in [-0.2, 0) is 7.05 Å². The molecular weight excluding hydrogens is 422 g/mol. The Morgan fingerprint density at radius 3 is 2.65 bits per heavy atom. The molecule has 34 heavy (non-hydrogen) atoms. The first-order chi connectivity index (χ1) is 16.2. The molecule has 0 aliphatic carbocycles. The minimum atomic E-state index is -0.419. The van der Waals surface area contributed by atoms with Gasteiger partial charge < -0.3 is 14.0 Å². The van der Waals surface area contributed by atoms with Crippen LogP contribution >= 0.6 is 0 Å². The third-order valence-electron chi connectivity index (χ3n) is 6.73. The number of fused-ring (bicyclic) bond motifs is 4. The van der Waals surface area contributed by atoms with Gasteiger partial charge in [0.15, 0.2) is 0 Å². The minimum Gasteiger partial charge on any atom is -0.496 e. The Balaban J connectivity index is 1.68. The fraction of sp³-hybridized carbons (Fsp3) is 0.367. The molecule has 0 saturated heterocycles. The van der Waals surface area contributed by atoms with Crippen molar-refractivity contribution in [3.8, 4) is 11.5 Å². The summed E-state index contributed by atoms with van der Waals surface area (Å²) in [7, 11) is 3.60. The highest BCUT2D eigenvalue weighted by molar-refractivity contribution is 6.02. The topological polar surface area (TPSA) is 40.5 Å². The first-order valence-corrected chi connectivity index (χ1v) is 12.0. The predicted molar refractivity (Wildman–Crippen MR) is 143 cm³/mol. The third kappa shape index (κ3) is 4.54. The highest BCUT2D eigenvalue weighted by Crippen LogP contribution is 2.41. The van der Waals surface area contributed by atoms with E-state index in [0.29, 0.717) is 16.5 Å². The predicted octanol–water partition coefficient (Wildman–Crippen LogP) is 7.34. The molecule has 0 saturated carbocycles. The molecular formula is C30H35NO3. The number of hydrogen-bond acceptors (Lipinski definition) is 3. The van der Waals surface area contributed by atoms with Gasteiger partial charge in [0.05, 0.1) is 23.5 Å². The minimum absolute atomic E-state index is 0.0150. The normalized spacial score (nSPS) is 17.5. The average molecular weight is 458 g/mol. The van der Waals surface area contributed by atoms with Crippen LogP contribution in [0, 0.1) is 0 Å². The van der Waals surface area contributed by atoms with Gasteiger partial charge in [0, 0.05) is 24.1 Å². The SMILES string of the molecule is COc1cc2c(c3c1c(=O)c1ccccc1n3C)C=CC(C)(CC/C=C(\C)CCC=C(C)C)O2. The summed E-state index contributed by atoms with van der Waals surface area (Å²) in [5, 5.41) is 1.28. The summed E-state index contributed by atoms with van der Waals surface area (Å²) in [6.07, 6.45) is 12.9. The average Bonchev–Trinajstić information content (AvgIpc) is 2.81. The third-order valence-corrected chi connectivity index (χ3v) is 6.73. The summed E-state index contributed by atoms with van der Waals surface area (Å²) in [5.41, 5.74) is 5.00. The van der Waals surface area contributed by atoms with Gasteiger partial charge in [-0.1, -0.05) is 35.4 Å². The second-order valence-corrected chi connectivity index (χ2v) is 9.78. The van der Waals surface area contributed by atoms with Crippen LogP contribution in [0.25, 0.3) is 27.9 Å². The number of pyridine rings is 1. The lowest BCUT2D eigenvalue weighted by molar-refractivity contribution is 0.128. The van der Waals surface area contributed by atoms with Crippen molar-refractivity contribution in [2.75, 3.05) is 7.11 Å². The molecule has 2 heterocycles. The Bertz CT molecular complexity index is 1390. The summed E-state index contributed by atoms with van der Waals surface area (Å²) in [6, 6.07) is 9.57. The van der Waals surface area contributed by atoms with Crippen molar-refractivity contribution in [1.29, 1.82) is 0 Å². The Morgan fingerprint density at radius 1 is 1.15 bits per heavy atom. The van der Waals surface area contributed by atoms with Crippen molar-refractivity contribution >= 4 is 27.9 Å². The van der Waals surface area contributed by atoms with Crippen LogP contribution < -0.4 is 14.9 Å². The molecule has 0 radical (unpaired) electrons. The van der Waals surface area contributed by atoms with Gasteiger partial charge >= 0.3 is 0 Å². The summed E-state index contributed by atoms with van der Waals surface area (Å²) in [4.78, 5) is 13.4. The van der Waals surface area contributed by atoms with Gasteiger partial charge in [-0.25, -0.2) is 0 Å². The number of aryl methyl sites for hydroxylation is 1. The van der Waals surface area contributed by atoms with E-state index in [9.17, 15) is 4.79 Å². The smallest absolute Gasteiger partial charge is 0.200 e. The maximum atomic E-state index is 13.4. The Hall–Kier alpha value is -3.27. The molecule has 4 nitrogen and oxygen atoms in total. The Morgan fingerprint density at radius 2 is 1.91 bits per heavy atom. The number of hydrogen-bond donors (Lipinski definition) is 0. The van der Waals surface area contributed by atoms with Gasteiger partial charge in [0.25, 0.3) is 0 Å². The number of rotatable bonds is 7. The van der Waals surface area contributed by atoms with Crippen LogP contribution in [0.2, 0.25) is 0 Å². The molecule has 0 N–H and O–H groups in total. The number of allylic oxidation sites excluding steroid dienone is 4. The number of para-hydroxylation sites is 1. The van der Waals surface area contributed by atoms with E-state index < -0.39 is 5.60 Å². The standard InChI is InChI=1S/C30H35NO3/c1-20(2)11-9-12-21(3)13-10-17-30(4)18-16-23-25(34-30)19-26(33-6)27-28(23)31(5)24-15-8-7-14-22(24)29(27)32/h7-8,11,13-16,18-19H,9-10,12,17H2,1-6H3/b21-13+. The molecule has 1 aliphatic heterocycles. The molecule has 0 amide bonds. The van der Waals surface area contributed by atoms with Crippen LogP contribution in [0.4, 0.5) is 0 Å². The molecule has 1 aliphatic rings. The van der Waals surface area contributed by atoms with Gasteiger partial charge in [-0.2, -0.15) is 0 Å². The van der Waals surface area contributed by atoms with E-state index in [4.69, 9.17) is 9.47 Å². The van der Waals surface area contributed by atoms with Gasteiger partial charge in [-0.3, -0.25) is 4.79 Å². The van der Waals surface area contributed by atoms with Crippen LogP contribution in [0.15, 0.2) is 64.5 Å². The quantitative estimate of drug-likeness (QED) is 0.275. The molecule has 0 bridgehead atoms. The van der Waals surface area contributed by atoms with E-state index in [0.717, 1.165) is 48.0 Å². The van der Waals surface area contributed by atoms with Gasteiger partial charge in [-0.05, 0) is 77.7 Å². The van der Waals surface area contributed by atoms with E-state index in [1.807, 2.05) is 37.4 Å². The van der Waals surface area contributed by atoms with Crippen molar-refractivity contribution in [3.63, 3.8) is 0 Å². The number of nitrogens with zero attached hydrogens (tertiary/aromatic N) is 1. The van der Waals surface area contributed by atoms with Crippen molar-refractivity contribution in [3.05, 3.63) is 75.5 Å². The second kappa shape index (κ2) is 9.54. The van der Waals surface area contributed by atoms with E-state index >= 15 is 0 Å². The molecule has 0 spiro atoms. The highest BCUT2D eigenvalue weighted by Gasteiger charge is 2.30. The van der Waals surface area contributed by atoms with Crippen molar-refractivity contribution in [2.45, 2.75) is 59.0 Å². The maximum Gasteiger partial charge on any atom is 0.200 e. The lowest BCUT2D eigenvalue weighted by atomic mass is 9.93. The summed E-state index contributed by atoms with van der Waals surface area (Å²) in [5.74, 6) is 1.30. The molecule has 4 heteroatoms. The zero-order valence-corrected chi connectivity index (χ0v) is 21.2. The lowest BCUT2D eigenvalue weighted by Crippen LogP contribution is -2.32.